The van der Waals surface area contributed by atoms with Gasteiger partial charge in [0.1, 0.15) is 0 Å². The summed E-state index contributed by atoms with van der Waals surface area (Å²) in [5, 5.41) is 3.77. The molecule has 0 aromatic heterocycles. The van der Waals surface area contributed by atoms with Gasteiger partial charge in [-0.1, -0.05) is 78.9 Å². The molecule has 35 heavy (non-hydrogen) atoms. The van der Waals surface area contributed by atoms with Crippen LogP contribution in [-0.4, -0.2) is 17.6 Å². The zero-order valence-electron chi connectivity index (χ0n) is 19.3. The van der Waals surface area contributed by atoms with Crippen LogP contribution in [0.2, 0.25) is 0 Å². The van der Waals surface area contributed by atoms with Gasteiger partial charge in [-0.15, -0.1) is 5.06 Å². The van der Waals surface area contributed by atoms with E-state index in [4.69, 9.17) is 4.84 Å². The molecule has 4 aromatic carbocycles. The molecule has 0 heterocycles. The highest BCUT2D eigenvalue weighted by molar-refractivity contribution is 5.89. The zero-order chi connectivity index (χ0) is 24.8. The van der Waals surface area contributed by atoms with Crippen molar-refractivity contribution in [1.29, 1.82) is 0 Å². The molecule has 1 unspecified atom stereocenters. The smallest absolute Gasteiger partial charge is 0.363 e. The van der Waals surface area contributed by atoms with Crippen LogP contribution in [0.5, 0.6) is 0 Å². The lowest BCUT2D eigenvalue weighted by Crippen LogP contribution is -2.31. The molecule has 0 bridgehead atoms. The first-order chi connectivity index (χ1) is 16.8. The largest absolute Gasteiger partial charge is 0.416 e. The fraction of sp³-hybridized carbons (Fsp3) is 0.207. The van der Waals surface area contributed by atoms with Crippen molar-refractivity contribution in [3.05, 3.63) is 119 Å². The van der Waals surface area contributed by atoms with Gasteiger partial charge in [0, 0.05) is 6.54 Å². The van der Waals surface area contributed by atoms with Crippen LogP contribution in [0.3, 0.4) is 0 Å². The summed E-state index contributed by atoms with van der Waals surface area (Å²) in [5.41, 5.74) is 1.36. The Morgan fingerprint density at radius 3 is 2.34 bits per heavy atom. The average Bonchev–Trinajstić information content (AvgIpc) is 2.87. The zero-order valence-corrected chi connectivity index (χ0v) is 19.3. The predicted molar refractivity (Wildman–Crippen MR) is 131 cm³/mol. The number of halogens is 3. The summed E-state index contributed by atoms with van der Waals surface area (Å²) < 4.78 is 39.2. The molecular formula is C29H26F3NO2. The number of rotatable bonds is 8. The highest BCUT2D eigenvalue weighted by atomic mass is 19.4. The minimum absolute atomic E-state index is 0.268. The van der Waals surface area contributed by atoms with Crippen LogP contribution in [0.1, 0.15) is 46.4 Å². The van der Waals surface area contributed by atoms with Gasteiger partial charge >= 0.3 is 12.1 Å². The maximum atomic E-state index is 13.1. The van der Waals surface area contributed by atoms with Crippen molar-refractivity contribution in [2.45, 2.75) is 32.0 Å². The molecule has 0 amide bonds. The van der Waals surface area contributed by atoms with E-state index in [1.165, 1.54) is 12.1 Å². The summed E-state index contributed by atoms with van der Waals surface area (Å²) >= 11 is 0. The second kappa shape index (κ2) is 10.7. The second-order valence-corrected chi connectivity index (χ2v) is 8.43. The standard InChI is InChI=1S/C29H26F3NO2/c1-21(26-18-8-15-23-12-5-6-17-27(23)26)33(35-28(34)24-13-3-2-4-14-24)19-9-11-22-10-7-16-25(20-22)29(30,31)32/h2-8,10,12-18,20-21H,9,11,19H2,1H3. The number of carbonyl (C=O) groups is 1. The van der Waals surface area contributed by atoms with Crippen molar-refractivity contribution in [2.24, 2.45) is 0 Å². The van der Waals surface area contributed by atoms with Gasteiger partial charge in [0.05, 0.1) is 17.2 Å². The Bertz CT molecular complexity index is 1280. The molecule has 0 saturated heterocycles. The van der Waals surface area contributed by atoms with Crippen molar-refractivity contribution in [3.63, 3.8) is 0 Å². The molecular weight excluding hydrogens is 451 g/mol. The lowest BCUT2D eigenvalue weighted by molar-refractivity contribution is -0.138. The first-order valence-electron chi connectivity index (χ1n) is 11.5. The van der Waals surface area contributed by atoms with E-state index in [0.717, 1.165) is 22.4 Å². The Kier molecular flexibility index (Phi) is 7.51. The average molecular weight is 478 g/mol. The third-order valence-electron chi connectivity index (χ3n) is 6.01. The van der Waals surface area contributed by atoms with Gasteiger partial charge in [0.2, 0.25) is 0 Å². The van der Waals surface area contributed by atoms with Crippen molar-refractivity contribution >= 4 is 16.7 Å². The Balaban J connectivity index is 1.55. The van der Waals surface area contributed by atoms with Crippen molar-refractivity contribution in [1.82, 2.24) is 5.06 Å². The van der Waals surface area contributed by atoms with Crippen LogP contribution in [-0.2, 0) is 17.4 Å². The highest BCUT2D eigenvalue weighted by Gasteiger charge is 2.30. The van der Waals surface area contributed by atoms with Crippen LogP contribution in [0.4, 0.5) is 13.2 Å². The summed E-state index contributed by atoms with van der Waals surface area (Å²) in [6, 6.07) is 27.8. The monoisotopic (exact) mass is 477 g/mol. The molecule has 4 aromatic rings. The molecule has 0 aliphatic heterocycles. The number of nitrogens with zero attached hydrogens (tertiary/aromatic N) is 1. The van der Waals surface area contributed by atoms with Crippen LogP contribution < -0.4 is 0 Å². The molecule has 6 heteroatoms. The molecule has 0 aliphatic rings. The number of aryl methyl sites for hydroxylation is 1. The number of alkyl halides is 3. The Morgan fingerprint density at radius 1 is 0.886 bits per heavy atom. The molecule has 0 fully saturated rings. The predicted octanol–water partition coefficient (Wildman–Crippen LogP) is 7.63. The van der Waals surface area contributed by atoms with Crippen LogP contribution in [0.25, 0.3) is 10.8 Å². The van der Waals surface area contributed by atoms with Gasteiger partial charge in [-0.2, -0.15) is 13.2 Å². The Hall–Kier alpha value is -3.64. The van der Waals surface area contributed by atoms with Crippen molar-refractivity contribution in [2.75, 3.05) is 6.54 Å². The third kappa shape index (κ3) is 6.08. The van der Waals surface area contributed by atoms with Crippen molar-refractivity contribution < 1.29 is 22.8 Å². The molecule has 0 saturated carbocycles. The van der Waals surface area contributed by atoms with E-state index in [9.17, 15) is 18.0 Å². The fourth-order valence-electron chi connectivity index (χ4n) is 4.16. The van der Waals surface area contributed by atoms with E-state index in [1.54, 1.807) is 35.4 Å². The maximum Gasteiger partial charge on any atom is 0.416 e. The number of carbonyl (C=O) groups excluding carboxylic acids is 1. The minimum Gasteiger partial charge on any atom is -0.363 e. The van der Waals surface area contributed by atoms with Gasteiger partial charge in [0.15, 0.2) is 0 Å². The topological polar surface area (TPSA) is 29.5 Å². The molecule has 0 N–H and O–H groups in total. The van der Waals surface area contributed by atoms with E-state index in [-0.39, 0.29) is 6.04 Å². The normalized spacial score (nSPS) is 12.6. The Labute approximate surface area is 202 Å². The first kappa shape index (κ1) is 24.5. The van der Waals surface area contributed by atoms with E-state index in [0.29, 0.717) is 30.5 Å². The third-order valence-corrected chi connectivity index (χ3v) is 6.01. The fourth-order valence-corrected chi connectivity index (χ4v) is 4.16. The van der Waals surface area contributed by atoms with Gasteiger partial charge in [-0.25, -0.2) is 4.79 Å². The van der Waals surface area contributed by atoms with Gasteiger partial charge in [-0.05, 0) is 59.9 Å². The number of hydrogen-bond donors (Lipinski definition) is 0. The second-order valence-electron chi connectivity index (χ2n) is 8.43. The minimum atomic E-state index is -4.38. The van der Waals surface area contributed by atoms with E-state index in [1.807, 2.05) is 55.5 Å². The lowest BCUT2D eigenvalue weighted by Gasteiger charge is -2.28. The van der Waals surface area contributed by atoms with Crippen LogP contribution >= 0.6 is 0 Å². The molecule has 0 radical (unpaired) electrons. The summed E-state index contributed by atoms with van der Waals surface area (Å²) in [6.45, 7) is 2.32. The lowest BCUT2D eigenvalue weighted by atomic mass is 9.99. The Morgan fingerprint density at radius 2 is 1.57 bits per heavy atom. The van der Waals surface area contributed by atoms with Gasteiger partial charge in [0.25, 0.3) is 0 Å². The van der Waals surface area contributed by atoms with Crippen molar-refractivity contribution in [3.8, 4) is 0 Å². The maximum absolute atomic E-state index is 13.1. The first-order valence-corrected chi connectivity index (χ1v) is 11.5. The SMILES string of the molecule is CC(c1cccc2ccccc12)N(CCCc1cccc(C(F)(F)F)c1)OC(=O)c1ccccc1. The summed E-state index contributed by atoms with van der Waals surface area (Å²) in [6.07, 6.45) is -3.44. The number of benzene rings is 4. The summed E-state index contributed by atoms with van der Waals surface area (Å²) in [4.78, 5) is 18.7. The number of hydroxylamine groups is 2. The van der Waals surface area contributed by atoms with Gasteiger partial charge < -0.3 is 4.84 Å². The van der Waals surface area contributed by atoms with Crippen LogP contribution in [0.15, 0.2) is 97.1 Å². The molecule has 1 atom stereocenters. The number of hydrogen-bond acceptors (Lipinski definition) is 3. The number of fused-ring (bicyclic) bond motifs is 1. The summed E-state index contributed by atoms with van der Waals surface area (Å²) in [7, 11) is 0. The highest BCUT2D eigenvalue weighted by Crippen LogP contribution is 2.31. The van der Waals surface area contributed by atoms with Gasteiger partial charge in [-0.3, -0.25) is 0 Å². The molecule has 0 spiro atoms. The van der Waals surface area contributed by atoms with E-state index in [2.05, 4.69) is 0 Å². The molecule has 3 nitrogen and oxygen atoms in total. The van der Waals surface area contributed by atoms with E-state index < -0.39 is 17.7 Å². The van der Waals surface area contributed by atoms with E-state index >= 15 is 0 Å². The molecule has 4 rings (SSSR count). The summed E-state index contributed by atoms with van der Waals surface area (Å²) in [5.74, 6) is -0.475. The van der Waals surface area contributed by atoms with Crippen LogP contribution in [0, 0.1) is 0 Å². The molecule has 180 valence electrons. The quantitative estimate of drug-likeness (QED) is 0.244. The molecule has 0 aliphatic carbocycles.